The van der Waals surface area contributed by atoms with E-state index in [1.54, 1.807) is 13.0 Å². The first-order chi connectivity index (χ1) is 11.6. The Morgan fingerprint density at radius 1 is 0.920 bits per heavy atom. The van der Waals surface area contributed by atoms with Gasteiger partial charge in [-0.1, -0.05) is 54.7 Å². The SMILES string of the molecule is CC(=O)C(C)C(C)C(c1cc(Cl)ccc1C)c1c(C)cc(Cl)cc1Cl. The molecule has 0 spiro atoms. The van der Waals surface area contributed by atoms with Crippen molar-refractivity contribution in [1.82, 2.24) is 0 Å². The summed E-state index contributed by atoms with van der Waals surface area (Å²) in [6.07, 6.45) is 0. The molecule has 3 unspecified atom stereocenters. The quantitative estimate of drug-likeness (QED) is 0.519. The molecule has 134 valence electrons. The van der Waals surface area contributed by atoms with Crippen LogP contribution in [0.15, 0.2) is 30.3 Å². The van der Waals surface area contributed by atoms with Crippen LogP contribution in [-0.2, 0) is 4.79 Å². The zero-order valence-electron chi connectivity index (χ0n) is 15.2. The highest BCUT2D eigenvalue weighted by atomic mass is 35.5. The molecule has 0 saturated carbocycles. The fourth-order valence-electron chi connectivity index (χ4n) is 3.41. The highest BCUT2D eigenvalue weighted by Gasteiger charge is 2.31. The number of carbonyl (C=O) groups is 1. The summed E-state index contributed by atoms with van der Waals surface area (Å²) in [6.45, 7) is 9.77. The monoisotopic (exact) mass is 396 g/mol. The van der Waals surface area contributed by atoms with Crippen molar-refractivity contribution in [1.29, 1.82) is 0 Å². The molecule has 0 aliphatic rings. The topological polar surface area (TPSA) is 17.1 Å². The molecule has 0 saturated heterocycles. The third kappa shape index (κ3) is 4.39. The number of halogens is 3. The van der Waals surface area contributed by atoms with Gasteiger partial charge in [0.05, 0.1) is 0 Å². The molecule has 3 atom stereocenters. The van der Waals surface area contributed by atoms with Gasteiger partial charge in [-0.3, -0.25) is 4.79 Å². The lowest BCUT2D eigenvalue weighted by molar-refractivity contribution is -0.121. The predicted octanol–water partition coefficient (Wildman–Crippen LogP) is 7.26. The van der Waals surface area contributed by atoms with Crippen molar-refractivity contribution in [3.63, 3.8) is 0 Å². The Balaban J connectivity index is 2.73. The minimum atomic E-state index is -0.102. The zero-order valence-corrected chi connectivity index (χ0v) is 17.4. The maximum Gasteiger partial charge on any atom is 0.132 e. The van der Waals surface area contributed by atoms with Crippen LogP contribution in [0.5, 0.6) is 0 Å². The van der Waals surface area contributed by atoms with Gasteiger partial charge >= 0.3 is 0 Å². The van der Waals surface area contributed by atoms with Gasteiger partial charge in [-0.25, -0.2) is 0 Å². The van der Waals surface area contributed by atoms with Crippen LogP contribution in [0.3, 0.4) is 0 Å². The van der Waals surface area contributed by atoms with E-state index in [2.05, 4.69) is 13.8 Å². The lowest BCUT2D eigenvalue weighted by Crippen LogP contribution is -2.25. The molecule has 4 heteroatoms. The van der Waals surface area contributed by atoms with E-state index in [0.717, 1.165) is 22.3 Å². The summed E-state index contributed by atoms with van der Waals surface area (Å²) in [6, 6.07) is 9.56. The second kappa shape index (κ2) is 8.12. The van der Waals surface area contributed by atoms with E-state index in [-0.39, 0.29) is 23.5 Å². The smallest absolute Gasteiger partial charge is 0.132 e. The summed E-state index contributed by atoms with van der Waals surface area (Å²) in [5, 5.41) is 1.91. The number of hydrogen-bond donors (Lipinski definition) is 0. The molecule has 0 amide bonds. The molecule has 0 aliphatic carbocycles. The summed E-state index contributed by atoms with van der Waals surface area (Å²) in [5.74, 6) is 0.0869. The molecule has 1 nitrogen and oxygen atoms in total. The minimum Gasteiger partial charge on any atom is -0.300 e. The molecular formula is C21H23Cl3O. The molecule has 0 aromatic heterocycles. The lowest BCUT2D eigenvalue weighted by atomic mass is 9.72. The summed E-state index contributed by atoms with van der Waals surface area (Å²) in [7, 11) is 0. The maximum atomic E-state index is 12.0. The first kappa shape index (κ1) is 20.3. The number of carbonyl (C=O) groups excluding carboxylic acids is 1. The molecule has 2 rings (SSSR count). The van der Waals surface area contributed by atoms with Gasteiger partial charge in [-0.15, -0.1) is 0 Å². The van der Waals surface area contributed by atoms with Gasteiger partial charge in [0, 0.05) is 26.9 Å². The molecule has 0 radical (unpaired) electrons. The van der Waals surface area contributed by atoms with E-state index in [1.165, 1.54) is 0 Å². The van der Waals surface area contributed by atoms with Crippen molar-refractivity contribution in [2.24, 2.45) is 11.8 Å². The van der Waals surface area contributed by atoms with Gasteiger partial charge in [0.1, 0.15) is 5.78 Å². The van der Waals surface area contributed by atoms with Gasteiger partial charge in [-0.05, 0) is 73.2 Å². The van der Waals surface area contributed by atoms with Crippen molar-refractivity contribution in [2.45, 2.75) is 40.5 Å². The van der Waals surface area contributed by atoms with Crippen LogP contribution < -0.4 is 0 Å². The maximum absolute atomic E-state index is 12.0. The van der Waals surface area contributed by atoms with Crippen molar-refractivity contribution in [2.75, 3.05) is 0 Å². The third-order valence-electron chi connectivity index (χ3n) is 5.14. The van der Waals surface area contributed by atoms with E-state index < -0.39 is 0 Å². The highest BCUT2D eigenvalue weighted by Crippen LogP contribution is 2.43. The van der Waals surface area contributed by atoms with Crippen LogP contribution >= 0.6 is 34.8 Å². The normalized spacial score (nSPS) is 14.9. The van der Waals surface area contributed by atoms with E-state index in [4.69, 9.17) is 34.8 Å². The number of rotatable bonds is 5. The van der Waals surface area contributed by atoms with E-state index in [1.807, 2.05) is 38.1 Å². The number of Topliss-reactive ketones (excluding diaryl/α,β-unsaturated/α-hetero) is 1. The second-order valence-corrected chi connectivity index (χ2v) is 8.14. The minimum absolute atomic E-state index is 0.0395. The Bertz CT molecular complexity index is 775. The second-order valence-electron chi connectivity index (χ2n) is 6.86. The third-order valence-corrected chi connectivity index (χ3v) is 5.91. The number of hydrogen-bond acceptors (Lipinski definition) is 1. The van der Waals surface area contributed by atoms with Crippen molar-refractivity contribution in [3.8, 4) is 0 Å². The standard InChI is InChI=1S/C21H23Cl3O/c1-11-6-7-16(22)9-18(11)21(14(4)13(3)15(5)25)20-12(2)8-17(23)10-19(20)24/h6-10,13-14,21H,1-5H3. The Morgan fingerprint density at radius 3 is 2.12 bits per heavy atom. The van der Waals surface area contributed by atoms with Crippen LogP contribution in [0.25, 0.3) is 0 Å². The first-order valence-corrected chi connectivity index (χ1v) is 9.49. The molecule has 0 fully saturated rings. The van der Waals surface area contributed by atoms with Crippen molar-refractivity contribution < 1.29 is 4.79 Å². The molecule has 0 heterocycles. The van der Waals surface area contributed by atoms with Crippen molar-refractivity contribution >= 4 is 40.6 Å². The van der Waals surface area contributed by atoms with Gasteiger partial charge < -0.3 is 0 Å². The summed E-state index contributed by atoms with van der Waals surface area (Å²) < 4.78 is 0. The number of ketones is 1. The van der Waals surface area contributed by atoms with Crippen LogP contribution in [0, 0.1) is 25.7 Å². The summed E-state index contributed by atoms with van der Waals surface area (Å²) in [5.41, 5.74) is 4.25. The fraction of sp³-hybridized carbons (Fsp3) is 0.381. The van der Waals surface area contributed by atoms with E-state index >= 15 is 0 Å². The average molecular weight is 398 g/mol. The first-order valence-electron chi connectivity index (χ1n) is 8.35. The van der Waals surface area contributed by atoms with Gasteiger partial charge in [0.2, 0.25) is 0 Å². The Morgan fingerprint density at radius 2 is 1.56 bits per heavy atom. The van der Waals surface area contributed by atoms with Gasteiger partial charge in [0.15, 0.2) is 0 Å². The summed E-state index contributed by atoms with van der Waals surface area (Å²) >= 11 is 19.0. The number of aryl methyl sites for hydroxylation is 2. The van der Waals surface area contributed by atoms with E-state index in [0.29, 0.717) is 15.1 Å². The summed E-state index contributed by atoms with van der Waals surface area (Å²) in [4.78, 5) is 12.0. The van der Waals surface area contributed by atoms with E-state index in [9.17, 15) is 4.79 Å². The van der Waals surface area contributed by atoms with Crippen molar-refractivity contribution in [3.05, 3.63) is 67.7 Å². The average Bonchev–Trinajstić information content (AvgIpc) is 2.51. The van der Waals surface area contributed by atoms with Crippen LogP contribution in [0.1, 0.15) is 48.9 Å². The predicted molar refractivity (Wildman–Crippen MR) is 108 cm³/mol. The van der Waals surface area contributed by atoms with Gasteiger partial charge in [-0.2, -0.15) is 0 Å². The lowest BCUT2D eigenvalue weighted by Gasteiger charge is -2.32. The Labute approximate surface area is 165 Å². The molecule has 0 aliphatic heterocycles. The zero-order chi connectivity index (χ0) is 18.9. The molecular weight excluding hydrogens is 375 g/mol. The fourth-order valence-corrected chi connectivity index (χ4v) is 4.31. The molecule has 2 aromatic rings. The number of benzene rings is 2. The molecule has 2 aromatic carbocycles. The molecule has 0 bridgehead atoms. The van der Waals surface area contributed by atoms with Crippen LogP contribution in [0.2, 0.25) is 15.1 Å². The van der Waals surface area contributed by atoms with Crippen LogP contribution in [0.4, 0.5) is 0 Å². The largest absolute Gasteiger partial charge is 0.300 e. The Hall–Kier alpha value is -1.02. The molecule has 25 heavy (non-hydrogen) atoms. The molecule has 0 N–H and O–H groups in total. The Kier molecular flexibility index (Phi) is 6.59. The van der Waals surface area contributed by atoms with Gasteiger partial charge in [0.25, 0.3) is 0 Å². The van der Waals surface area contributed by atoms with Crippen LogP contribution in [-0.4, -0.2) is 5.78 Å². The highest BCUT2D eigenvalue weighted by molar-refractivity contribution is 6.35.